The van der Waals surface area contributed by atoms with E-state index in [-0.39, 0.29) is 13.0 Å². The molecule has 2 aliphatic rings. The van der Waals surface area contributed by atoms with Crippen LogP contribution in [0.5, 0.6) is 0 Å². The Bertz CT molecular complexity index is 378. The fourth-order valence-electron chi connectivity index (χ4n) is 1.95. The lowest BCUT2D eigenvalue weighted by atomic mass is 10.1. The van der Waals surface area contributed by atoms with Gasteiger partial charge in [-0.25, -0.2) is 4.79 Å². The van der Waals surface area contributed by atoms with Gasteiger partial charge in [0.15, 0.2) is 6.10 Å². The number of aliphatic hydroxyl groups excluding tert-OH is 2. The largest absolute Gasteiger partial charge is 0.394 e. The van der Waals surface area contributed by atoms with E-state index in [0.717, 1.165) is 0 Å². The van der Waals surface area contributed by atoms with Crippen LogP contribution in [0.15, 0.2) is 0 Å². The Labute approximate surface area is 100 Å². The molecular weight excluding hydrogens is 254 g/mol. The van der Waals surface area contributed by atoms with Crippen LogP contribution < -0.4 is 5.32 Å². The minimum Gasteiger partial charge on any atom is -0.394 e. The van der Waals surface area contributed by atoms with E-state index in [2.05, 4.69) is 0 Å². The molecule has 2 fully saturated rings. The Balaban J connectivity index is 2.18. The molecule has 3 N–H and O–H groups in total. The average Bonchev–Trinajstić information content (AvgIpc) is 2.52. The highest BCUT2D eigenvalue weighted by Crippen LogP contribution is 2.38. The lowest BCUT2D eigenvalue weighted by Gasteiger charge is -2.33. The number of nitrogens with one attached hydrogen (secondary N) is 1. The molecule has 9 heteroatoms. The van der Waals surface area contributed by atoms with Gasteiger partial charge >= 0.3 is 12.0 Å². The number of rotatable bonds is 2. The van der Waals surface area contributed by atoms with Crippen molar-refractivity contribution < 1.29 is 33.3 Å². The summed E-state index contributed by atoms with van der Waals surface area (Å²) in [6.45, 7) is -1.02. The summed E-state index contributed by atoms with van der Waals surface area (Å²) in [4.78, 5) is 23.0. The molecule has 0 aromatic carbocycles. The summed E-state index contributed by atoms with van der Waals surface area (Å²) in [7, 11) is 0. The molecule has 2 saturated heterocycles. The summed E-state index contributed by atoms with van der Waals surface area (Å²) in [5.74, 6) is -4.26. The molecule has 0 aromatic rings. The summed E-state index contributed by atoms with van der Waals surface area (Å²) in [5, 5.41) is 20.0. The van der Waals surface area contributed by atoms with E-state index < -0.39 is 42.9 Å². The van der Waals surface area contributed by atoms with Gasteiger partial charge in [0.25, 0.3) is 0 Å². The molecule has 3 atom stereocenters. The topological polar surface area (TPSA) is 99.1 Å². The summed E-state index contributed by atoms with van der Waals surface area (Å²) in [6, 6.07) is -0.998. The van der Waals surface area contributed by atoms with Crippen LogP contribution in [0.25, 0.3) is 0 Å². The van der Waals surface area contributed by atoms with Gasteiger partial charge in [-0.15, -0.1) is 0 Å². The normalized spacial score (nSPS) is 35.8. The van der Waals surface area contributed by atoms with E-state index in [1.807, 2.05) is 5.32 Å². The summed E-state index contributed by atoms with van der Waals surface area (Å²) in [5.41, 5.74) is 0. The first-order chi connectivity index (χ1) is 8.37. The minimum absolute atomic E-state index is 0.123. The third-order valence-corrected chi connectivity index (χ3v) is 2.93. The zero-order valence-corrected chi connectivity index (χ0v) is 9.18. The molecule has 0 spiro atoms. The first kappa shape index (κ1) is 13.1. The molecule has 7 nitrogen and oxygen atoms in total. The van der Waals surface area contributed by atoms with E-state index in [4.69, 9.17) is 9.84 Å². The standard InChI is InChI=1S/C9H12F2N2O5/c10-9(11)6(16)4(3-14)18-7(9)13-2-1-5(15)12-8(13)17/h4,6-7,14,16H,1-3H2,(H,12,15,17)/t4-,6-,7-/m0/s1. The monoisotopic (exact) mass is 266 g/mol. The van der Waals surface area contributed by atoms with Crippen LogP contribution in [-0.4, -0.2) is 64.6 Å². The van der Waals surface area contributed by atoms with Crippen LogP contribution in [0.4, 0.5) is 13.6 Å². The summed E-state index contributed by atoms with van der Waals surface area (Å²) < 4.78 is 32.2. The molecule has 3 amide bonds. The van der Waals surface area contributed by atoms with Gasteiger partial charge in [0.05, 0.1) is 6.61 Å². The second kappa shape index (κ2) is 4.41. The van der Waals surface area contributed by atoms with E-state index in [0.29, 0.717) is 4.90 Å². The van der Waals surface area contributed by atoms with Crippen molar-refractivity contribution in [1.29, 1.82) is 0 Å². The predicted molar refractivity (Wildman–Crippen MR) is 51.6 cm³/mol. The van der Waals surface area contributed by atoms with Crippen LogP contribution in [-0.2, 0) is 9.53 Å². The number of carbonyl (C=O) groups excluding carboxylic acids is 2. The first-order valence-electron chi connectivity index (χ1n) is 5.30. The van der Waals surface area contributed by atoms with Gasteiger partial charge in [0.2, 0.25) is 12.1 Å². The van der Waals surface area contributed by atoms with Gasteiger partial charge in [-0.1, -0.05) is 0 Å². The van der Waals surface area contributed by atoms with Crippen molar-refractivity contribution in [1.82, 2.24) is 10.2 Å². The highest BCUT2D eigenvalue weighted by atomic mass is 19.3. The third-order valence-electron chi connectivity index (χ3n) is 2.93. The van der Waals surface area contributed by atoms with Crippen molar-refractivity contribution >= 4 is 11.9 Å². The molecule has 0 unspecified atom stereocenters. The van der Waals surface area contributed by atoms with E-state index >= 15 is 0 Å². The molecule has 0 aromatic heterocycles. The Morgan fingerprint density at radius 1 is 1.50 bits per heavy atom. The van der Waals surface area contributed by atoms with Crippen molar-refractivity contribution in [3.8, 4) is 0 Å². The molecular formula is C9H12F2N2O5. The van der Waals surface area contributed by atoms with Crippen molar-refractivity contribution in [2.24, 2.45) is 0 Å². The molecule has 0 saturated carbocycles. The lowest BCUT2D eigenvalue weighted by molar-refractivity contribution is -0.158. The maximum atomic E-state index is 13.7. The van der Waals surface area contributed by atoms with Crippen LogP contribution in [0.2, 0.25) is 0 Å². The van der Waals surface area contributed by atoms with Crippen molar-refractivity contribution in [3.63, 3.8) is 0 Å². The van der Waals surface area contributed by atoms with Gasteiger partial charge in [0.1, 0.15) is 6.10 Å². The molecule has 18 heavy (non-hydrogen) atoms. The Morgan fingerprint density at radius 3 is 2.67 bits per heavy atom. The van der Waals surface area contributed by atoms with Gasteiger partial charge in [-0.3, -0.25) is 15.0 Å². The number of hydrogen-bond donors (Lipinski definition) is 3. The van der Waals surface area contributed by atoms with Crippen molar-refractivity contribution in [2.45, 2.75) is 30.8 Å². The van der Waals surface area contributed by atoms with E-state index in [9.17, 15) is 23.5 Å². The molecule has 0 radical (unpaired) electrons. The second-order valence-corrected chi connectivity index (χ2v) is 4.13. The minimum atomic E-state index is -3.70. The van der Waals surface area contributed by atoms with Gasteiger partial charge in [-0.05, 0) is 0 Å². The fraction of sp³-hybridized carbons (Fsp3) is 0.778. The molecule has 0 aliphatic carbocycles. The van der Waals surface area contributed by atoms with E-state index in [1.54, 1.807) is 0 Å². The van der Waals surface area contributed by atoms with Crippen molar-refractivity contribution in [3.05, 3.63) is 0 Å². The van der Waals surface area contributed by atoms with Crippen LogP contribution in [0.1, 0.15) is 6.42 Å². The number of imide groups is 1. The highest BCUT2D eigenvalue weighted by Gasteiger charge is 2.61. The molecule has 2 rings (SSSR count). The zero-order chi connectivity index (χ0) is 13.5. The number of nitrogens with zero attached hydrogens (tertiary/aromatic N) is 1. The van der Waals surface area contributed by atoms with Gasteiger partial charge < -0.3 is 14.9 Å². The number of aliphatic hydroxyl groups is 2. The number of carbonyl (C=O) groups is 2. The number of ether oxygens (including phenoxy) is 1. The number of amides is 3. The highest BCUT2D eigenvalue weighted by molar-refractivity contribution is 5.96. The van der Waals surface area contributed by atoms with E-state index in [1.165, 1.54) is 0 Å². The number of hydrogen-bond acceptors (Lipinski definition) is 5. The Hall–Kier alpha value is -1.32. The number of urea groups is 1. The fourth-order valence-corrected chi connectivity index (χ4v) is 1.95. The number of halogens is 2. The number of alkyl halides is 2. The van der Waals surface area contributed by atoms with Crippen molar-refractivity contribution in [2.75, 3.05) is 13.2 Å². The van der Waals surface area contributed by atoms with Gasteiger partial charge in [-0.2, -0.15) is 8.78 Å². The van der Waals surface area contributed by atoms with Crippen LogP contribution >= 0.6 is 0 Å². The maximum Gasteiger partial charge on any atom is 0.326 e. The maximum absolute atomic E-state index is 13.7. The first-order valence-corrected chi connectivity index (χ1v) is 5.30. The molecule has 2 heterocycles. The molecule has 0 bridgehead atoms. The summed E-state index contributed by atoms with van der Waals surface area (Å²) in [6.07, 6.45) is -5.77. The second-order valence-electron chi connectivity index (χ2n) is 4.13. The van der Waals surface area contributed by atoms with Crippen LogP contribution in [0.3, 0.4) is 0 Å². The SMILES string of the molecule is O=C1CCN([C@H]2O[C@@H](CO)[C@H](O)C2(F)F)C(=O)N1. The Kier molecular flexibility index (Phi) is 3.21. The quantitative estimate of drug-likeness (QED) is 0.573. The smallest absolute Gasteiger partial charge is 0.326 e. The average molecular weight is 266 g/mol. The Morgan fingerprint density at radius 2 is 2.17 bits per heavy atom. The van der Waals surface area contributed by atoms with Gasteiger partial charge in [0, 0.05) is 13.0 Å². The third kappa shape index (κ3) is 1.93. The predicted octanol–water partition coefficient (Wildman–Crippen LogP) is -1.36. The zero-order valence-electron chi connectivity index (χ0n) is 9.18. The molecule has 102 valence electrons. The lowest BCUT2D eigenvalue weighted by Crippen LogP contribution is -2.58. The van der Waals surface area contributed by atoms with Crippen LogP contribution in [0, 0.1) is 0 Å². The summed E-state index contributed by atoms with van der Waals surface area (Å²) >= 11 is 0. The molecule has 2 aliphatic heterocycles.